The van der Waals surface area contributed by atoms with Gasteiger partial charge in [0.2, 0.25) is 0 Å². The van der Waals surface area contributed by atoms with Crippen LogP contribution in [0.15, 0.2) is 21.8 Å². The van der Waals surface area contributed by atoms with E-state index in [2.05, 4.69) is 32.0 Å². The Morgan fingerprint density at radius 2 is 2.25 bits per heavy atom. The fourth-order valence-corrected chi connectivity index (χ4v) is 2.50. The van der Waals surface area contributed by atoms with Crippen LogP contribution in [0, 0.1) is 0 Å². The van der Waals surface area contributed by atoms with E-state index in [9.17, 15) is 0 Å². The van der Waals surface area contributed by atoms with Crippen LogP contribution < -0.4 is 5.32 Å². The highest BCUT2D eigenvalue weighted by Gasteiger charge is 2.14. The highest BCUT2D eigenvalue weighted by Crippen LogP contribution is 2.09. The number of nitrogens with one attached hydrogen (secondary N) is 1. The Bertz CT molecular complexity index is 318. The zero-order valence-electron chi connectivity index (χ0n) is 9.48. The smallest absolute Gasteiger partial charge is 0.193 e. The fraction of sp³-hybridized carbons (Fsp3) is 0.545. The van der Waals surface area contributed by atoms with Crippen LogP contribution in [-0.2, 0) is 6.54 Å². The molecule has 0 aromatic carbocycles. The third-order valence-corrected chi connectivity index (χ3v) is 3.38. The Labute approximate surface area is 118 Å². The first-order valence-corrected chi connectivity index (χ1v) is 6.31. The molecule has 1 saturated heterocycles. The first kappa shape index (κ1) is 13.8. The molecule has 2 rings (SSSR count). The Hall–Kier alpha value is -0.300. The summed E-state index contributed by atoms with van der Waals surface area (Å²) in [5.41, 5.74) is 1.33. The van der Waals surface area contributed by atoms with E-state index >= 15 is 0 Å². The normalized spacial score (nSPS) is 16.1. The predicted molar refractivity (Wildman–Crippen MR) is 80.7 cm³/mol. The van der Waals surface area contributed by atoms with Crippen LogP contribution in [0.1, 0.15) is 18.4 Å². The van der Waals surface area contributed by atoms with Crippen molar-refractivity contribution in [3.63, 3.8) is 0 Å². The summed E-state index contributed by atoms with van der Waals surface area (Å²) in [5.74, 6) is 1.04. The number of rotatable bonds is 2. The lowest BCUT2D eigenvalue weighted by Gasteiger charge is -2.20. The van der Waals surface area contributed by atoms with Gasteiger partial charge in [-0.2, -0.15) is 11.3 Å². The van der Waals surface area contributed by atoms with Crippen molar-refractivity contribution >= 4 is 41.3 Å². The van der Waals surface area contributed by atoms with Crippen molar-refractivity contribution in [1.82, 2.24) is 10.2 Å². The molecule has 0 bridgehead atoms. The number of likely N-dealkylation sites (tertiary alicyclic amines) is 1. The van der Waals surface area contributed by atoms with Crippen molar-refractivity contribution in [2.45, 2.75) is 19.4 Å². The SMILES string of the molecule is CN=C(NCc1ccsc1)N1CCCC1.I. The van der Waals surface area contributed by atoms with Gasteiger partial charge in [-0.3, -0.25) is 4.99 Å². The lowest BCUT2D eigenvalue weighted by atomic mass is 10.3. The summed E-state index contributed by atoms with van der Waals surface area (Å²) in [6.45, 7) is 3.17. The lowest BCUT2D eigenvalue weighted by molar-refractivity contribution is 0.493. The molecule has 90 valence electrons. The largest absolute Gasteiger partial charge is 0.352 e. The molecule has 0 unspecified atom stereocenters. The molecular weight excluding hydrogens is 333 g/mol. The maximum absolute atomic E-state index is 4.30. The highest BCUT2D eigenvalue weighted by molar-refractivity contribution is 14.0. The average molecular weight is 351 g/mol. The van der Waals surface area contributed by atoms with E-state index in [1.54, 1.807) is 11.3 Å². The number of hydrogen-bond donors (Lipinski definition) is 1. The second kappa shape index (κ2) is 7.11. The van der Waals surface area contributed by atoms with E-state index in [0.717, 1.165) is 25.6 Å². The lowest BCUT2D eigenvalue weighted by Crippen LogP contribution is -2.39. The third-order valence-electron chi connectivity index (χ3n) is 2.65. The quantitative estimate of drug-likeness (QED) is 0.504. The van der Waals surface area contributed by atoms with Crippen molar-refractivity contribution < 1.29 is 0 Å². The molecule has 0 saturated carbocycles. The fourth-order valence-electron chi connectivity index (χ4n) is 1.84. The number of thiophene rings is 1. The molecule has 1 N–H and O–H groups in total. The van der Waals surface area contributed by atoms with E-state index in [4.69, 9.17) is 0 Å². The van der Waals surface area contributed by atoms with Gasteiger partial charge in [0.25, 0.3) is 0 Å². The summed E-state index contributed by atoms with van der Waals surface area (Å²) in [6.07, 6.45) is 2.58. The first-order valence-electron chi connectivity index (χ1n) is 5.37. The van der Waals surface area contributed by atoms with Crippen molar-refractivity contribution in [2.75, 3.05) is 20.1 Å². The van der Waals surface area contributed by atoms with Gasteiger partial charge >= 0.3 is 0 Å². The molecule has 1 fully saturated rings. The van der Waals surface area contributed by atoms with E-state index in [1.807, 2.05) is 7.05 Å². The minimum absolute atomic E-state index is 0. The van der Waals surface area contributed by atoms with E-state index in [-0.39, 0.29) is 24.0 Å². The van der Waals surface area contributed by atoms with Gasteiger partial charge in [0.1, 0.15) is 0 Å². The van der Waals surface area contributed by atoms with Gasteiger partial charge in [0.15, 0.2) is 5.96 Å². The summed E-state index contributed by atoms with van der Waals surface area (Å²) in [5, 5.41) is 7.67. The maximum atomic E-state index is 4.30. The summed E-state index contributed by atoms with van der Waals surface area (Å²) in [4.78, 5) is 6.63. The van der Waals surface area contributed by atoms with Gasteiger partial charge in [-0.15, -0.1) is 24.0 Å². The second-order valence-corrected chi connectivity index (χ2v) is 4.51. The number of halogens is 1. The third kappa shape index (κ3) is 3.62. The van der Waals surface area contributed by atoms with E-state index in [1.165, 1.54) is 18.4 Å². The number of aliphatic imine (C=N–C) groups is 1. The number of hydrogen-bond acceptors (Lipinski definition) is 2. The zero-order valence-corrected chi connectivity index (χ0v) is 12.6. The monoisotopic (exact) mass is 351 g/mol. The van der Waals surface area contributed by atoms with Crippen LogP contribution in [0.25, 0.3) is 0 Å². The Morgan fingerprint density at radius 3 is 2.81 bits per heavy atom. The first-order chi connectivity index (χ1) is 7.40. The molecule has 16 heavy (non-hydrogen) atoms. The minimum atomic E-state index is 0. The highest BCUT2D eigenvalue weighted by atomic mass is 127. The van der Waals surface area contributed by atoms with Gasteiger partial charge < -0.3 is 10.2 Å². The average Bonchev–Trinajstić information content (AvgIpc) is 2.90. The summed E-state index contributed by atoms with van der Waals surface area (Å²) in [7, 11) is 1.86. The maximum Gasteiger partial charge on any atom is 0.193 e. The van der Waals surface area contributed by atoms with Crippen LogP contribution in [0.2, 0.25) is 0 Å². The molecular formula is C11H18IN3S. The number of guanidine groups is 1. The van der Waals surface area contributed by atoms with Gasteiger partial charge in [-0.1, -0.05) is 0 Å². The standard InChI is InChI=1S/C11H17N3S.HI/c1-12-11(14-5-2-3-6-14)13-8-10-4-7-15-9-10;/h4,7,9H,2-3,5-6,8H2,1H3,(H,12,13);1H. The minimum Gasteiger partial charge on any atom is -0.352 e. The van der Waals surface area contributed by atoms with Gasteiger partial charge in [-0.25, -0.2) is 0 Å². The molecule has 1 aliphatic rings. The summed E-state index contributed by atoms with van der Waals surface area (Å²) in [6, 6.07) is 2.15. The molecule has 0 atom stereocenters. The molecule has 2 heterocycles. The molecule has 0 aliphatic carbocycles. The Kier molecular flexibility index (Phi) is 6.12. The van der Waals surface area contributed by atoms with E-state index in [0.29, 0.717) is 0 Å². The second-order valence-electron chi connectivity index (χ2n) is 3.73. The molecule has 1 aromatic rings. The van der Waals surface area contributed by atoms with Crippen LogP contribution in [0.5, 0.6) is 0 Å². The van der Waals surface area contributed by atoms with Crippen molar-refractivity contribution in [2.24, 2.45) is 4.99 Å². The van der Waals surface area contributed by atoms with Crippen molar-refractivity contribution in [3.8, 4) is 0 Å². The molecule has 3 nitrogen and oxygen atoms in total. The molecule has 1 aliphatic heterocycles. The summed E-state index contributed by atoms with van der Waals surface area (Å²) >= 11 is 1.74. The molecule has 0 spiro atoms. The summed E-state index contributed by atoms with van der Waals surface area (Å²) < 4.78 is 0. The van der Waals surface area contributed by atoms with Crippen LogP contribution in [0.4, 0.5) is 0 Å². The van der Waals surface area contributed by atoms with Crippen LogP contribution >= 0.6 is 35.3 Å². The molecule has 5 heteroatoms. The van der Waals surface area contributed by atoms with Gasteiger partial charge in [0, 0.05) is 26.7 Å². The van der Waals surface area contributed by atoms with Crippen LogP contribution in [-0.4, -0.2) is 31.0 Å². The van der Waals surface area contributed by atoms with Gasteiger partial charge in [-0.05, 0) is 35.2 Å². The molecule has 0 amide bonds. The van der Waals surface area contributed by atoms with Crippen LogP contribution in [0.3, 0.4) is 0 Å². The Morgan fingerprint density at radius 1 is 1.50 bits per heavy atom. The zero-order chi connectivity index (χ0) is 10.5. The predicted octanol–water partition coefficient (Wildman–Crippen LogP) is 2.54. The molecule has 0 radical (unpaired) electrons. The van der Waals surface area contributed by atoms with Crippen molar-refractivity contribution in [1.29, 1.82) is 0 Å². The number of nitrogens with zero attached hydrogens (tertiary/aromatic N) is 2. The Balaban J connectivity index is 0.00000128. The van der Waals surface area contributed by atoms with Gasteiger partial charge in [0.05, 0.1) is 0 Å². The topological polar surface area (TPSA) is 27.6 Å². The van der Waals surface area contributed by atoms with E-state index < -0.39 is 0 Å². The van der Waals surface area contributed by atoms with Crippen molar-refractivity contribution in [3.05, 3.63) is 22.4 Å². The molecule has 1 aromatic heterocycles.